The molecule has 2 aromatic carbocycles. The van der Waals surface area contributed by atoms with Crippen LogP contribution in [0.1, 0.15) is 77.3 Å². The molecule has 62 heavy (non-hydrogen) atoms. The normalized spacial score (nSPS) is 22.4. The highest BCUT2D eigenvalue weighted by Crippen LogP contribution is 2.20. The average molecular weight is 884 g/mol. The Morgan fingerprint density at radius 1 is 0.823 bits per heavy atom. The molecule has 7 amide bonds. The number of aromatic hydroxyl groups is 1. The Hall–Kier alpha value is -5.52. The fraction of sp³-hybridized carbons (Fsp3) is 0.568. The van der Waals surface area contributed by atoms with E-state index >= 15 is 0 Å². The minimum Gasteiger partial charge on any atom is -0.508 e. The van der Waals surface area contributed by atoms with Gasteiger partial charge in [-0.2, -0.15) is 0 Å². The van der Waals surface area contributed by atoms with Gasteiger partial charge in [0.05, 0.1) is 0 Å². The van der Waals surface area contributed by atoms with Crippen molar-refractivity contribution in [3.8, 4) is 5.75 Å². The molecule has 0 radical (unpaired) electrons. The summed E-state index contributed by atoms with van der Waals surface area (Å²) in [4.78, 5) is 99.0. The molecule has 7 unspecified atom stereocenters. The molecule has 0 bridgehead atoms. The summed E-state index contributed by atoms with van der Waals surface area (Å²) in [7, 11) is 1.63. The van der Waals surface area contributed by atoms with Gasteiger partial charge in [-0.25, -0.2) is 9.59 Å². The van der Waals surface area contributed by atoms with E-state index in [0.29, 0.717) is 18.4 Å². The van der Waals surface area contributed by atoms with Crippen molar-refractivity contribution in [2.45, 2.75) is 115 Å². The minimum absolute atomic E-state index is 0.0175. The molecule has 3 rings (SSSR count). The number of nitrogens with one attached hydrogen (secondary N) is 5. The molecule has 1 aliphatic rings. The zero-order valence-electron chi connectivity index (χ0n) is 36.8. The molecule has 0 saturated carbocycles. The summed E-state index contributed by atoms with van der Waals surface area (Å²) in [5.41, 5.74) is 1.45. The lowest BCUT2D eigenvalue weighted by Gasteiger charge is -2.36. The summed E-state index contributed by atoms with van der Waals surface area (Å²) in [6, 6.07) is 7.21. The second-order valence-corrected chi connectivity index (χ2v) is 18.2. The number of aryl methyl sites for hydroxylation is 1. The monoisotopic (exact) mass is 883 g/mol. The third kappa shape index (κ3) is 16.1. The number of carbonyl (C=O) groups excluding carboxylic acids is 6. The van der Waals surface area contributed by atoms with Gasteiger partial charge in [0, 0.05) is 49.9 Å². The maximum absolute atomic E-state index is 14.5. The van der Waals surface area contributed by atoms with Gasteiger partial charge in [-0.3, -0.25) is 28.2 Å². The maximum Gasteiger partial charge on any atom is 0.326 e. The molecule has 1 saturated heterocycles. The van der Waals surface area contributed by atoms with Crippen molar-refractivity contribution in [1.29, 1.82) is 0 Å². The highest BCUT2D eigenvalue weighted by molar-refractivity contribution is 7.84. The topological polar surface area (TPSA) is 244 Å². The molecule has 7 atom stereocenters. The van der Waals surface area contributed by atoms with Crippen LogP contribution >= 0.6 is 0 Å². The van der Waals surface area contributed by atoms with Gasteiger partial charge in [-0.15, -0.1) is 0 Å². The number of urea groups is 1. The lowest BCUT2D eigenvalue weighted by molar-refractivity contribution is -0.149. The smallest absolute Gasteiger partial charge is 0.326 e. The lowest BCUT2D eigenvalue weighted by Crippen LogP contribution is -2.61. The van der Waals surface area contributed by atoms with Crippen LogP contribution in [0.2, 0.25) is 0 Å². The van der Waals surface area contributed by atoms with Crippen LogP contribution in [0.3, 0.4) is 0 Å². The fourth-order valence-electron chi connectivity index (χ4n) is 7.24. The number of benzene rings is 2. The Morgan fingerprint density at radius 3 is 2.06 bits per heavy atom. The van der Waals surface area contributed by atoms with Crippen LogP contribution in [0.5, 0.6) is 5.75 Å². The van der Waals surface area contributed by atoms with Crippen LogP contribution in [0, 0.1) is 11.8 Å². The predicted molar refractivity (Wildman–Crippen MR) is 235 cm³/mol. The van der Waals surface area contributed by atoms with E-state index in [1.807, 2.05) is 13.8 Å². The first-order chi connectivity index (χ1) is 29.3. The number of likely N-dealkylation sites (N-methyl/N-ethyl adjacent to an activating group) is 2. The molecule has 1 aliphatic heterocycles. The highest BCUT2D eigenvalue weighted by atomic mass is 32.2. The predicted octanol–water partition coefficient (Wildman–Crippen LogP) is 2.08. The van der Waals surface area contributed by atoms with Crippen molar-refractivity contribution in [2.24, 2.45) is 11.8 Å². The maximum atomic E-state index is 14.5. The molecular formula is C44H65N7O10S. The first-order valence-corrected chi connectivity index (χ1v) is 22.8. The van der Waals surface area contributed by atoms with E-state index in [4.69, 9.17) is 0 Å². The van der Waals surface area contributed by atoms with Crippen molar-refractivity contribution < 1.29 is 48.0 Å². The van der Waals surface area contributed by atoms with Crippen LogP contribution in [-0.4, -0.2) is 135 Å². The first kappa shape index (κ1) is 50.8. The number of nitrogens with zero attached hydrogens (tertiary/aromatic N) is 2. The van der Waals surface area contributed by atoms with E-state index in [9.17, 15) is 48.0 Å². The Morgan fingerprint density at radius 2 is 1.47 bits per heavy atom. The zero-order valence-corrected chi connectivity index (χ0v) is 37.7. The Bertz CT molecular complexity index is 1860. The number of carbonyl (C=O) groups is 7. The van der Waals surface area contributed by atoms with Crippen LogP contribution in [0.25, 0.3) is 0 Å². The van der Waals surface area contributed by atoms with E-state index < -0.39 is 94.5 Å². The van der Waals surface area contributed by atoms with Crippen LogP contribution < -0.4 is 26.6 Å². The molecule has 1 fully saturated rings. The summed E-state index contributed by atoms with van der Waals surface area (Å²) in [5, 5.41) is 33.2. The number of phenols is 1. The van der Waals surface area contributed by atoms with E-state index in [1.54, 1.807) is 56.3 Å². The van der Waals surface area contributed by atoms with E-state index in [-0.39, 0.29) is 62.5 Å². The number of carboxylic acids is 1. The third-order valence-electron chi connectivity index (χ3n) is 10.8. The van der Waals surface area contributed by atoms with Crippen molar-refractivity contribution in [3.05, 3.63) is 65.7 Å². The highest BCUT2D eigenvalue weighted by Gasteiger charge is 2.39. The third-order valence-corrected chi connectivity index (χ3v) is 11.6. The standard InChI is InChI=1S/C44H65N7O10S/c1-27(2)25-33-41(56)51(6)36(21-18-29-16-19-31(52)20-17-29)42(57)50(5)35(22-24-62(7)61)39(54)45-23-12-11-15-32(38(53)49-37(28(3)4)40(55)46-33)47-44(60)48-34(43(58)59)26-30-13-9-8-10-14-30/h8-10,13-14,16-17,19-20,27-28,32-37,52H,11-12,15,18,21-26H2,1-7H3,(H,45,54)(H,46,55)(H,49,53)(H,58,59)(H2,47,48,60). The molecular weight excluding hydrogens is 819 g/mol. The Balaban J connectivity index is 2.02. The second kappa shape index (κ2) is 24.8. The number of rotatable bonds is 14. The quantitative estimate of drug-likeness (QED) is 0.146. The molecule has 17 nitrogen and oxygen atoms in total. The lowest BCUT2D eigenvalue weighted by atomic mass is 9.97. The molecule has 0 aromatic heterocycles. The van der Waals surface area contributed by atoms with Gasteiger partial charge in [0.2, 0.25) is 29.5 Å². The van der Waals surface area contributed by atoms with Gasteiger partial charge >= 0.3 is 12.0 Å². The van der Waals surface area contributed by atoms with Crippen LogP contribution in [0.15, 0.2) is 54.6 Å². The number of amides is 7. The number of phenolic OH excluding ortho intramolecular Hbond substituents is 1. The molecule has 2 aromatic rings. The number of hydrogen-bond donors (Lipinski definition) is 7. The molecule has 18 heteroatoms. The van der Waals surface area contributed by atoms with Gasteiger partial charge in [0.1, 0.15) is 42.0 Å². The summed E-state index contributed by atoms with van der Waals surface area (Å²) < 4.78 is 12.2. The van der Waals surface area contributed by atoms with Gasteiger partial charge in [-0.05, 0) is 80.0 Å². The van der Waals surface area contributed by atoms with Crippen LogP contribution in [0.4, 0.5) is 4.79 Å². The molecule has 0 spiro atoms. The van der Waals surface area contributed by atoms with Gasteiger partial charge in [0.15, 0.2) is 0 Å². The summed E-state index contributed by atoms with van der Waals surface area (Å²) in [5.74, 6) is -4.71. The molecule has 342 valence electrons. The van der Waals surface area contributed by atoms with Crippen molar-refractivity contribution >= 4 is 52.3 Å². The number of hydrogen-bond acceptors (Lipinski definition) is 9. The number of aliphatic carboxylic acids is 1. The van der Waals surface area contributed by atoms with Crippen molar-refractivity contribution in [2.75, 3.05) is 32.6 Å². The number of carboxylic acid groups (broad SMARTS) is 1. The van der Waals surface area contributed by atoms with Crippen molar-refractivity contribution in [1.82, 2.24) is 36.4 Å². The SMILES string of the molecule is CC(C)CC1NC(=O)C(C(C)C)NC(=O)C(NC(=O)NC(Cc2ccccc2)C(=O)O)CCCCNC(=O)C(CCS(C)=O)N(C)C(=O)C(CCc2ccc(O)cc2)N(C)C1=O. The summed E-state index contributed by atoms with van der Waals surface area (Å²) >= 11 is 0. The summed E-state index contributed by atoms with van der Waals surface area (Å²) in [6.45, 7) is 7.27. The second-order valence-electron chi connectivity index (χ2n) is 16.7. The Labute approximate surface area is 367 Å². The zero-order chi connectivity index (χ0) is 46.1. The minimum atomic E-state index is -1.32. The van der Waals surface area contributed by atoms with E-state index in [0.717, 1.165) is 5.56 Å². The van der Waals surface area contributed by atoms with Crippen molar-refractivity contribution in [3.63, 3.8) is 0 Å². The van der Waals surface area contributed by atoms with E-state index in [2.05, 4.69) is 26.6 Å². The first-order valence-electron chi connectivity index (χ1n) is 21.1. The summed E-state index contributed by atoms with van der Waals surface area (Å²) in [6.07, 6.45) is 2.81. The van der Waals surface area contributed by atoms with E-state index in [1.165, 1.54) is 42.3 Å². The van der Waals surface area contributed by atoms with Crippen LogP contribution in [-0.2, 0) is 52.4 Å². The molecule has 0 aliphatic carbocycles. The van der Waals surface area contributed by atoms with Gasteiger partial charge in [-0.1, -0.05) is 70.2 Å². The molecule has 7 N–H and O–H groups in total. The largest absolute Gasteiger partial charge is 0.508 e. The molecule has 1 heterocycles. The van der Waals surface area contributed by atoms with Gasteiger partial charge in [0.25, 0.3) is 0 Å². The fourth-order valence-corrected chi connectivity index (χ4v) is 7.79. The average Bonchev–Trinajstić information content (AvgIpc) is 3.21. The van der Waals surface area contributed by atoms with Gasteiger partial charge < -0.3 is 46.6 Å². The Kier molecular flexibility index (Phi) is 20.3.